The van der Waals surface area contributed by atoms with Crippen LogP contribution in [0.5, 0.6) is 11.5 Å². The van der Waals surface area contributed by atoms with E-state index in [0.29, 0.717) is 82.3 Å². The maximum absolute atomic E-state index is 13.7. The quantitative estimate of drug-likeness (QED) is 0.0234. The van der Waals surface area contributed by atoms with Gasteiger partial charge in [0.15, 0.2) is 11.5 Å². The number of carbonyl (C=O) groups is 11. The van der Waals surface area contributed by atoms with Crippen LogP contribution in [0, 0.1) is 13.8 Å². The van der Waals surface area contributed by atoms with Gasteiger partial charge < -0.3 is 45.6 Å². The van der Waals surface area contributed by atoms with Crippen molar-refractivity contribution in [3.05, 3.63) is 105 Å². The van der Waals surface area contributed by atoms with Crippen molar-refractivity contribution in [2.24, 2.45) is 0 Å². The number of fused-ring (bicyclic) bond motifs is 1. The van der Waals surface area contributed by atoms with E-state index in [2.05, 4.69) is 21.3 Å². The number of carboxylic acids is 1. The number of rotatable bonds is 31. The van der Waals surface area contributed by atoms with Gasteiger partial charge in [0.25, 0.3) is 17.7 Å². The Bertz CT molecular complexity index is 2820. The van der Waals surface area contributed by atoms with E-state index >= 15 is 0 Å². The number of ether oxygens (including phenoxy) is 2. The van der Waals surface area contributed by atoms with Gasteiger partial charge >= 0.3 is 17.9 Å². The number of benzene rings is 3. The summed E-state index contributed by atoms with van der Waals surface area (Å²) in [7, 11) is 1.63. The highest BCUT2D eigenvalue weighted by Crippen LogP contribution is 2.39. The van der Waals surface area contributed by atoms with Crippen LogP contribution < -0.4 is 30.7 Å². The Morgan fingerprint density at radius 1 is 0.700 bits per heavy atom. The van der Waals surface area contributed by atoms with E-state index in [1.165, 1.54) is 30.0 Å². The number of nitrogens with zero attached hydrogens (tertiary/aromatic N) is 3. The molecule has 5 rings (SSSR count). The van der Waals surface area contributed by atoms with Crippen molar-refractivity contribution < 1.29 is 67.3 Å². The highest BCUT2D eigenvalue weighted by molar-refractivity contribution is 6.32. The number of hydrogen-bond donors (Lipinski definition) is 5. The van der Waals surface area contributed by atoms with E-state index in [1.54, 1.807) is 48.3 Å². The van der Waals surface area contributed by atoms with E-state index in [0.717, 1.165) is 23.0 Å². The number of nitrogens with one attached hydrogen (secondary N) is 4. The lowest BCUT2D eigenvalue weighted by Gasteiger charge is -2.49. The fraction of sp³-hybridized carbons (Fsp3) is 0.466. The molecule has 0 bridgehead atoms. The number of β-lactam (4-membered cyclic amide) rings is 1. The third-order valence-electron chi connectivity index (χ3n) is 13.9. The number of esters is 2. The van der Waals surface area contributed by atoms with E-state index in [-0.39, 0.29) is 109 Å². The van der Waals surface area contributed by atoms with Crippen LogP contribution in [0.25, 0.3) is 0 Å². The molecule has 2 aliphatic rings. The van der Waals surface area contributed by atoms with Crippen molar-refractivity contribution in [1.29, 1.82) is 0 Å². The van der Waals surface area contributed by atoms with E-state index < -0.39 is 53.6 Å². The third kappa shape index (κ3) is 18.3. The second-order valence-corrected chi connectivity index (χ2v) is 20.3. The van der Waals surface area contributed by atoms with Crippen molar-refractivity contribution in [3.8, 4) is 11.5 Å². The van der Waals surface area contributed by atoms with Gasteiger partial charge in [-0.3, -0.25) is 52.8 Å². The Morgan fingerprint density at radius 2 is 1.31 bits per heavy atom. The summed E-state index contributed by atoms with van der Waals surface area (Å²) in [5, 5.41) is 20.9. The highest BCUT2D eigenvalue weighted by Gasteiger charge is 2.53. The van der Waals surface area contributed by atoms with Crippen LogP contribution in [-0.4, -0.2) is 143 Å². The van der Waals surface area contributed by atoms with Crippen molar-refractivity contribution >= 4 is 76.6 Å². The van der Waals surface area contributed by atoms with Crippen LogP contribution in [0.2, 0.25) is 0 Å². The van der Waals surface area contributed by atoms with Crippen LogP contribution in [0.4, 0.5) is 0 Å². The Kier molecular flexibility index (Phi) is 24.4. The fourth-order valence-corrected chi connectivity index (χ4v) is 9.67. The number of hydrogen-bond acceptors (Lipinski definition) is 13. The second kappa shape index (κ2) is 31.0. The Morgan fingerprint density at radius 3 is 2.01 bits per heavy atom. The summed E-state index contributed by atoms with van der Waals surface area (Å²) in [5.41, 5.74) is 2.71. The van der Waals surface area contributed by atoms with E-state index in [4.69, 9.17) is 21.1 Å². The number of Topliss-reactive ketones (excluding diaryl/α,β-unsaturated/α-hetero) is 1. The molecular weight excluding hydrogens is 1050 g/mol. The third-order valence-corrected chi connectivity index (χ3v) is 14.3. The summed E-state index contributed by atoms with van der Waals surface area (Å²) in [4.78, 5) is 145. The van der Waals surface area contributed by atoms with Gasteiger partial charge in [-0.1, -0.05) is 60.1 Å². The highest BCUT2D eigenvalue weighted by atomic mass is 35.5. The van der Waals surface area contributed by atoms with Crippen LogP contribution >= 0.6 is 11.6 Å². The summed E-state index contributed by atoms with van der Waals surface area (Å²) in [6.45, 7) is 7.95. The molecule has 0 saturated carbocycles. The number of allylic oxidation sites excluding steroid dienone is 1. The number of carboxylic acid groups (broad SMARTS) is 1. The second-order valence-electron chi connectivity index (χ2n) is 19.8. The molecule has 7 amide bonds. The smallest absolute Gasteiger partial charge is 0.353 e. The zero-order valence-electron chi connectivity index (χ0n) is 46.0. The minimum absolute atomic E-state index is 0.0324. The molecule has 430 valence electrons. The maximum atomic E-state index is 13.7. The summed E-state index contributed by atoms with van der Waals surface area (Å²) >= 11 is 6.11. The number of aryl methyl sites for hydroxylation is 1. The lowest BCUT2D eigenvalue weighted by Crippen LogP contribution is -2.71. The van der Waals surface area contributed by atoms with Gasteiger partial charge in [0.05, 0.1) is 17.5 Å². The van der Waals surface area contributed by atoms with Gasteiger partial charge in [-0.05, 0) is 100 Å². The minimum Gasteiger partial charge on any atom is -0.477 e. The average Bonchev–Trinajstić information content (AvgIpc) is 3.57. The molecule has 0 spiro atoms. The molecule has 0 radical (unpaired) electrons. The first kappa shape index (κ1) is 62.9. The summed E-state index contributed by atoms with van der Waals surface area (Å²) in [5.74, 6) is -7.09. The van der Waals surface area contributed by atoms with Gasteiger partial charge in [-0.15, -0.1) is 0 Å². The standard InChI is InChI=1S/C58H72ClN7O14/c1-36-17-14-20-42(37(36)2)54(73)61-30-11-13-33-65(34-16-31-62-55(74)43-21-15-22-47(79-38(3)67)53(43)80-39(4)68)50(72)28-26-48(70)60-29-10-7-12-32-64(5)49(71)27-23-41(69)35-44(40-18-8-6-9-19-40)56(75)63-51-46-25-24-45(59)52(58(77)78)66(46)57(51)76/h6,8-9,14-15,17-22,44,46,51H,7,10-13,16,23-35H2,1-5H3,(H,60,70)(H,61,73)(H,62,74)(H,63,75)(H,77,78)/t44-,46-,51+/m1/s1. The topological polar surface area (TPSA) is 284 Å². The van der Waals surface area contributed by atoms with Crippen LogP contribution in [0.1, 0.15) is 141 Å². The van der Waals surface area contributed by atoms with Gasteiger partial charge in [-0.2, -0.15) is 0 Å². The van der Waals surface area contributed by atoms with Crippen molar-refractivity contribution in [2.45, 2.75) is 129 Å². The number of carbonyl (C=O) groups excluding carboxylic acids is 10. The van der Waals surface area contributed by atoms with E-state index in [9.17, 15) is 57.8 Å². The molecular formula is C58H72ClN7O14. The van der Waals surface area contributed by atoms with Crippen LogP contribution in [0.3, 0.4) is 0 Å². The minimum atomic E-state index is -1.33. The Labute approximate surface area is 470 Å². The molecule has 0 unspecified atom stereocenters. The fourth-order valence-electron chi connectivity index (χ4n) is 9.38. The molecule has 21 nitrogen and oxygen atoms in total. The zero-order valence-corrected chi connectivity index (χ0v) is 46.7. The lowest BCUT2D eigenvalue weighted by atomic mass is 9.85. The molecule has 3 aromatic rings. The molecule has 1 fully saturated rings. The number of para-hydroxylation sites is 1. The van der Waals surface area contributed by atoms with Gasteiger partial charge in [-0.25, -0.2) is 4.79 Å². The summed E-state index contributed by atoms with van der Waals surface area (Å²) in [6.07, 6.45) is 3.40. The molecule has 2 heterocycles. The predicted molar refractivity (Wildman–Crippen MR) is 294 cm³/mol. The monoisotopic (exact) mass is 1130 g/mol. The normalized spacial score (nSPS) is 14.8. The molecule has 0 aromatic heterocycles. The van der Waals surface area contributed by atoms with E-state index in [1.807, 2.05) is 26.0 Å². The Hall–Kier alpha value is -7.94. The molecule has 1 saturated heterocycles. The number of unbranched alkanes of at least 4 members (excludes halogenated alkanes) is 3. The largest absolute Gasteiger partial charge is 0.477 e. The lowest BCUT2D eigenvalue weighted by molar-refractivity contribution is -0.156. The number of halogens is 1. The molecule has 80 heavy (non-hydrogen) atoms. The first-order chi connectivity index (χ1) is 38.2. The van der Waals surface area contributed by atoms with Gasteiger partial charge in [0.2, 0.25) is 23.6 Å². The Balaban J connectivity index is 1.02. The van der Waals surface area contributed by atoms with Gasteiger partial charge in [0.1, 0.15) is 17.5 Å². The van der Waals surface area contributed by atoms with Crippen LogP contribution in [0.15, 0.2) is 77.5 Å². The molecule has 3 atom stereocenters. The molecule has 2 aliphatic heterocycles. The van der Waals surface area contributed by atoms with Crippen LogP contribution in [-0.2, 0) is 43.2 Å². The SMILES string of the molecule is CC(=O)Oc1cccc(C(=O)NCCCN(CCCCNC(=O)c2cccc(C)c2C)C(=O)CCC(=O)NCCCCCN(C)C(=O)CCC(=O)C[C@@H](C(=O)N[C@@H]2C(=O)N3C(C(=O)O)=C(Cl)CC[C@H]23)c2ccccc2)c1OC(C)=O. The predicted octanol–water partition coefficient (Wildman–Crippen LogP) is 5.39. The van der Waals surface area contributed by atoms with Crippen molar-refractivity contribution in [3.63, 3.8) is 0 Å². The molecule has 3 aromatic carbocycles. The summed E-state index contributed by atoms with van der Waals surface area (Å²) < 4.78 is 10.4. The maximum Gasteiger partial charge on any atom is 0.353 e. The average molecular weight is 1130 g/mol. The van der Waals surface area contributed by atoms with Crippen molar-refractivity contribution in [2.75, 3.05) is 46.3 Å². The molecule has 0 aliphatic carbocycles. The number of aliphatic carboxylic acids is 1. The zero-order chi connectivity index (χ0) is 58.5. The van der Waals surface area contributed by atoms with Gasteiger partial charge in [0, 0.05) is 103 Å². The molecule has 5 N–H and O–H groups in total. The summed E-state index contributed by atoms with van der Waals surface area (Å²) in [6, 6.07) is 16.9. The first-order valence-corrected chi connectivity index (χ1v) is 27.3. The van der Waals surface area contributed by atoms with Crippen molar-refractivity contribution in [1.82, 2.24) is 36.0 Å². The first-order valence-electron chi connectivity index (χ1n) is 26.9. The number of amides is 7. The number of ketones is 1. The molecule has 22 heteroatoms.